The van der Waals surface area contributed by atoms with Crippen molar-refractivity contribution >= 4 is 5.91 Å². The molecule has 0 spiro atoms. The second-order valence-corrected chi connectivity index (χ2v) is 6.09. The largest absolute Gasteiger partial charge is 0.353 e. The average molecular weight is 275 g/mol. The molecule has 0 aromatic carbocycles. The summed E-state index contributed by atoms with van der Waals surface area (Å²) in [6.45, 7) is 6.32. The van der Waals surface area contributed by atoms with Crippen LogP contribution in [0.25, 0.3) is 0 Å². The van der Waals surface area contributed by atoms with Crippen LogP contribution in [0.15, 0.2) is 24.5 Å². The minimum atomic E-state index is -0.0855. The molecule has 1 aromatic heterocycles. The van der Waals surface area contributed by atoms with Crippen molar-refractivity contribution in [3.8, 4) is 0 Å². The number of hydrogen-bond acceptors (Lipinski definition) is 3. The van der Waals surface area contributed by atoms with Gasteiger partial charge in [0.2, 0.25) is 5.91 Å². The van der Waals surface area contributed by atoms with E-state index in [1.54, 1.807) is 12.4 Å². The van der Waals surface area contributed by atoms with E-state index in [1.165, 1.54) is 0 Å². The third-order valence-corrected chi connectivity index (χ3v) is 4.08. The number of pyridine rings is 1. The van der Waals surface area contributed by atoms with Gasteiger partial charge in [0.05, 0.1) is 5.92 Å². The molecule has 110 valence electrons. The van der Waals surface area contributed by atoms with Crippen LogP contribution < -0.4 is 5.32 Å². The standard InChI is InChI=1S/C16H25N3O/c1-12(2)15(13-4-8-17-9-5-13)16(20)18-14-6-10-19(3)11-7-14/h4-5,8-9,12,14-15H,6-7,10-11H2,1-3H3,(H,18,20)/t15-/m1/s1. The van der Waals surface area contributed by atoms with Crippen LogP contribution in [0, 0.1) is 5.92 Å². The lowest BCUT2D eigenvalue weighted by Crippen LogP contribution is -2.45. The number of carbonyl (C=O) groups is 1. The highest BCUT2D eigenvalue weighted by Gasteiger charge is 2.27. The van der Waals surface area contributed by atoms with Crippen LogP contribution in [-0.2, 0) is 4.79 Å². The molecule has 1 saturated heterocycles. The van der Waals surface area contributed by atoms with Crippen LogP contribution in [0.4, 0.5) is 0 Å². The van der Waals surface area contributed by atoms with E-state index in [9.17, 15) is 4.79 Å². The van der Waals surface area contributed by atoms with Crippen molar-refractivity contribution in [1.29, 1.82) is 0 Å². The third-order valence-electron chi connectivity index (χ3n) is 4.08. The number of nitrogens with one attached hydrogen (secondary N) is 1. The minimum Gasteiger partial charge on any atom is -0.353 e. The van der Waals surface area contributed by atoms with Gasteiger partial charge in [-0.3, -0.25) is 9.78 Å². The molecule has 1 fully saturated rings. The highest BCUT2D eigenvalue weighted by atomic mass is 16.2. The summed E-state index contributed by atoms with van der Waals surface area (Å²) < 4.78 is 0. The topological polar surface area (TPSA) is 45.2 Å². The lowest BCUT2D eigenvalue weighted by Gasteiger charge is -2.31. The smallest absolute Gasteiger partial charge is 0.228 e. The van der Waals surface area contributed by atoms with Crippen molar-refractivity contribution in [1.82, 2.24) is 15.2 Å². The molecule has 0 aliphatic carbocycles. The molecule has 0 radical (unpaired) electrons. The highest BCUT2D eigenvalue weighted by Crippen LogP contribution is 2.24. The van der Waals surface area contributed by atoms with Gasteiger partial charge in [-0.25, -0.2) is 0 Å². The van der Waals surface area contributed by atoms with Crippen LogP contribution in [0.1, 0.15) is 38.2 Å². The number of rotatable bonds is 4. The van der Waals surface area contributed by atoms with E-state index < -0.39 is 0 Å². The van der Waals surface area contributed by atoms with Crippen molar-refractivity contribution in [3.05, 3.63) is 30.1 Å². The van der Waals surface area contributed by atoms with Crippen LogP contribution in [-0.4, -0.2) is 42.0 Å². The molecule has 1 aliphatic heterocycles. The average Bonchev–Trinajstić information content (AvgIpc) is 2.42. The summed E-state index contributed by atoms with van der Waals surface area (Å²) in [4.78, 5) is 18.9. The monoisotopic (exact) mass is 275 g/mol. The molecule has 20 heavy (non-hydrogen) atoms. The Bertz CT molecular complexity index is 425. The summed E-state index contributed by atoms with van der Waals surface area (Å²) in [6, 6.07) is 4.21. The first kappa shape index (κ1) is 15.0. The van der Waals surface area contributed by atoms with Gasteiger partial charge in [0, 0.05) is 18.4 Å². The van der Waals surface area contributed by atoms with E-state index in [-0.39, 0.29) is 17.7 Å². The molecule has 0 unspecified atom stereocenters. The molecule has 1 atom stereocenters. The van der Waals surface area contributed by atoms with Crippen LogP contribution in [0.2, 0.25) is 0 Å². The molecule has 1 N–H and O–H groups in total. The predicted octanol–water partition coefficient (Wildman–Crippen LogP) is 2.03. The van der Waals surface area contributed by atoms with Crippen molar-refractivity contribution in [3.63, 3.8) is 0 Å². The van der Waals surface area contributed by atoms with E-state index in [2.05, 4.69) is 36.1 Å². The first-order valence-corrected chi connectivity index (χ1v) is 7.46. The van der Waals surface area contributed by atoms with Gasteiger partial charge in [0.15, 0.2) is 0 Å². The Kier molecular flexibility index (Phi) is 5.12. The summed E-state index contributed by atoms with van der Waals surface area (Å²) >= 11 is 0. The Labute approximate surface area is 121 Å². The fourth-order valence-corrected chi connectivity index (χ4v) is 2.85. The van der Waals surface area contributed by atoms with Crippen molar-refractivity contribution in [2.45, 2.75) is 38.6 Å². The quantitative estimate of drug-likeness (QED) is 0.914. The van der Waals surface area contributed by atoms with Gasteiger partial charge >= 0.3 is 0 Å². The summed E-state index contributed by atoms with van der Waals surface area (Å²) in [5.74, 6) is 0.349. The molecular formula is C16H25N3O. The number of hydrogen-bond donors (Lipinski definition) is 1. The van der Waals surface area contributed by atoms with E-state index in [0.29, 0.717) is 6.04 Å². The van der Waals surface area contributed by atoms with Gasteiger partial charge in [-0.15, -0.1) is 0 Å². The normalized spacial score (nSPS) is 19.0. The number of carbonyl (C=O) groups excluding carboxylic acids is 1. The SMILES string of the molecule is CC(C)[C@@H](C(=O)NC1CCN(C)CC1)c1ccncc1. The van der Waals surface area contributed by atoms with Gasteiger partial charge in [-0.1, -0.05) is 13.8 Å². The fourth-order valence-electron chi connectivity index (χ4n) is 2.85. The Balaban J connectivity index is 2.01. The first-order chi connectivity index (χ1) is 9.58. The number of nitrogens with zero attached hydrogens (tertiary/aromatic N) is 2. The van der Waals surface area contributed by atoms with Crippen molar-refractivity contribution < 1.29 is 4.79 Å². The van der Waals surface area contributed by atoms with Gasteiger partial charge in [0.1, 0.15) is 0 Å². The maximum Gasteiger partial charge on any atom is 0.228 e. The molecular weight excluding hydrogens is 250 g/mol. The zero-order valence-corrected chi connectivity index (χ0v) is 12.7. The molecule has 4 heteroatoms. The zero-order valence-electron chi connectivity index (χ0n) is 12.7. The maximum absolute atomic E-state index is 12.6. The molecule has 1 amide bonds. The van der Waals surface area contributed by atoms with Gasteiger partial charge in [0.25, 0.3) is 0 Å². The second kappa shape index (κ2) is 6.84. The predicted molar refractivity (Wildman–Crippen MR) is 80.5 cm³/mol. The van der Waals surface area contributed by atoms with Gasteiger partial charge < -0.3 is 10.2 Å². The van der Waals surface area contributed by atoms with E-state index in [1.807, 2.05) is 12.1 Å². The Morgan fingerprint density at radius 2 is 1.90 bits per heavy atom. The van der Waals surface area contributed by atoms with E-state index in [4.69, 9.17) is 0 Å². The highest BCUT2D eigenvalue weighted by molar-refractivity contribution is 5.84. The zero-order chi connectivity index (χ0) is 14.5. The Morgan fingerprint density at radius 1 is 1.30 bits per heavy atom. The molecule has 2 heterocycles. The number of amides is 1. The minimum absolute atomic E-state index is 0.0855. The molecule has 4 nitrogen and oxygen atoms in total. The number of likely N-dealkylation sites (tertiary alicyclic amines) is 1. The Hall–Kier alpha value is -1.42. The molecule has 1 aromatic rings. The summed E-state index contributed by atoms with van der Waals surface area (Å²) in [5.41, 5.74) is 1.06. The van der Waals surface area contributed by atoms with E-state index in [0.717, 1.165) is 31.5 Å². The van der Waals surface area contributed by atoms with E-state index >= 15 is 0 Å². The number of piperidine rings is 1. The van der Waals surface area contributed by atoms with Gasteiger partial charge in [-0.2, -0.15) is 0 Å². The number of aromatic nitrogens is 1. The van der Waals surface area contributed by atoms with Crippen molar-refractivity contribution in [2.75, 3.05) is 20.1 Å². The van der Waals surface area contributed by atoms with Crippen LogP contribution in [0.3, 0.4) is 0 Å². The lowest BCUT2D eigenvalue weighted by molar-refractivity contribution is -0.124. The van der Waals surface area contributed by atoms with Gasteiger partial charge in [-0.05, 0) is 56.6 Å². The summed E-state index contributed by atoms with van der Waals surface area (Å²) in [7, 11) is 2.13. The van der Waals surface area contributed by atoms with Crippen LogP contribution >= 0.6 is 0 Å². The summed E-state index contributed by atoms with van der Waals surface area (Å²) in [6.07, 6.45) is 5.61. The van der Waals surface area contributed by atoms with Crippen molar-refractivity contribution in [2.24, 2.45) is 5.92 Å². The molecule has 0 bridgehead atoms. The maximum atomic E-state index is 12.6. The lowest BCUT2D eigenvalue weighted by atomic mass is 9.87. The fraction of sp³-hybridized carbons (Fsp3) is 0.625. The Morgan fingerprint density at radius 3 is 2.45 bits per heavy atom. The van der Waals surface area contributed by atoms with Crippen LogP contribution in [0.5, 0.6) is 0 Å². The third kappa shape index (κ3) is 3.79. The molecule has 0 saturated carbocycles. The first-order valence-electron chi connectivity index (χ1n) is 7.46. The molecule has 2 rings (SSSR count). The molecule has 1 aliphatic rings. The second-order valence-electron chi connectivity index (χ2n) is 6.09. The summed E-state index contributed by atoms with van der Waals surface area (Å²) in [5, 5.41) is 3.23.